The lowest BCUT2D eigenvalue weighted by atomic mass is 9.99. The lowest BCUT2D eigenvalue weighted by Crippen LogP contribution is -2.36. The predicted octanol–water partition coefficient (Wildman–Crippen LogP) is 5.75. The first kappa shape index (κ1) is 19.3. The summed E-state index contributed by atoms with van der Waals surface area (Å²) >= 11 is 12.0. The van der Waals surface area contributed by atoms with E-state index in [0.717, 1.165) is 17.5 Å². The molecule has 0 unspecified atom stereocenters. The van der Waals surface area contributed by atoms with Crippen LogP contribution in [0.25, 0.3) is 17.4 Å². The Hall–Kier alpha value is -3.00. The Morgan fingerprint density at radius 1 is 1.07 bits per heavy atom. The van der Waals surface area contributed by atoms with Crippen molar-refractivity contribution in [3.05, 3.63) is 87.1 Å². The SMILES string of the molecule is N#C/C(=C/c1ccc(-c2ccc(Cl)c(Cl)c2)o1)C(=O)N1CCc2ccccc2C1. The zero-order valence-electron chi connectivity index (χ0n) is 15.4. The van der Waals surface area contributed by atoms with Crippen LogP contribution in [-0.4, -0.2) is 17.4 Å². The van der Waals surface area contributed by atoms with Gasteiger partial charge in [-0.05, 0) is 47.9 Å². The largest absolute Gasteiger partial charge is 0.457 e. The van der Waals surface area contributed by atoms with Crippen LogP contribution in [0.3, 0.4) is 0 Å². The fourth-order valence-electron chi connectivity index (χ4n) is 3.36. The molecule has 2 heterocycles. The molecule has 144 valence electrons. The van der Waals surface area contributed by atoms with Crippen molar-refractivity contribution in [2.75, 3.05) is 6.54 Å². The Balaban J connectivity index is 1.55. The highest BCUT2D eigenvalue weighted by Crippen LogP contribution is 2.30. The molecule has 3 aromatic rings. The Kier molecular flexibility index (Phi) is 5.44. The highest BCUT2D eigenvalue weighted by atomic mass is 35.5. The molecule has 29 heavy (non-hydrogen) atoms. The summed E-state index contributed by atoms with van der Waals surface area (Å²) in [6.45, 7) is 1.09. The summed E-state index contributed by atoms with van der Waals surface area (Å²) in [4.78, 5) is 14.6. The zero-order valence-corrected chi connectivity index (χ0v) is 16.9. The first-order chi connectivity index (χ1) is 14.0. The number of amides is 1. The van der Waals surface area contributed by atoms with Crippen molar-refractivity contribution < 1.29 is 9.21 Å². The van der Waals surface area contributed by atoms with Crippen molar-refractivity contribution in [3.8, 4) is 17.4 Å². The summed E-state index contributed by atoms with van der Waals surface area (Å²) in [6.07, 6.45) is 2.26. The van der Waals surface area contributed by atoms with Gasteiger partial charge in [-0.15, -0.1) is 0 Å². The standard InChI is InChI=1S/C23H16Cl2N2O2/c24-20-7-5-16(12-21(20)25)22-8-6-19(29-22)11-18(13-26)23(28)27-10-9-15-3-1-2-4-17(15)14-27/h1-8,11-12H,9-10,14H2/b18-11-. The first-order valence-electron chi connectivity index (χ1n) is 9.08. The van der Waals surface area contributed by atoms with Crippen molar-refractivity contribution in [1.82, 2.24) is 4.90 Å². The predicted molar refractivity (Wildman–Crippen MR) is 113 cm³/mol. The summed E-state index contributed by atoms with van der Waals surface area (Å²) in [5, 5.41) is 10.4. The first-order valence-corrected chi connectivity index (χ1v) is 9.84. The second kappa shape index (κ2) is 8.16. The third-order valence-electron chi connectivity index (χ3n) is 4.89. The van der Waals surface area contributed by atoms with Gasteiger partial charge >= 0.3 is 0 Å². The van der Waals surface area contributed by atoms with Crippen molar-refractivity contribution in [1.29, 1.82) is 5.26 Å². The number of furan rings is 1. The number of nitrogens with zero attached hydrogens (tertiary/aromatic N) is 2. The molecule has 1 aromatic heterocycles. The van der Waals surface area contributed by atoms with Gasteiger partial charge < -0.3 is 9.32 Å². The molecule has 4 rings (SSSR count). The Morgan fingerprint density at radius 2 is 1.86 bits per heavy atom. The highest BCUT2D eigenvalue weighted by molar-refractivity contribution is 6.42. The molecule has 1 aliphatic rings. The summed E-state index contributed by atoms with van der Waals surface area (Å²) in [5.41, 5.74) is 3.16. The van der Waals surface area contributed by atoms with Crippen molar-refractivity contribution >= 4 is 35.2 Å². The van der Waals surface area contributed by atoms with Gasteiger partial charge in [0.25, 0.3) is 5.91 Å². The van der Waals surface area contributed by atoms with Gasteiger partial charge in [0, 0.05) is 24.7 Å². The van der Waals surface area contributed by atoms with Crippen LogP contribution in [0.4, 0.5) is 0 Å². The topological polar surface area (TPSA) is 57.2 Å². The van der Waals surface area contributed by atoms with Crippen LogP contribution in [0.15, 0.2) is 64.6 Å². The Labute approximate surface area is 178 Å². The van der Waals surface area contributed by atoms with Gasteiger partial charge in [-0.2, -0.15) is 5.26 Å². The minimum Gasteiger partial charge on any atom is -0.457 e. The number of benzene rings is 2. The number of rotatable bonds is 3. The van der Waals surface area contributed by atoms with Gasteiger partial charge in [0.05, 0.1) is 10.0 Å². The molecule has 0 atom stereocenters. The molecule has 0 aliphatic carbocycles. The highest BCUT2D eigenvalue weighted by Gasteiger charge is 2.23. The maximum absolute atomic E-state index is 12.9. The molecule has 6 heteroatoms. The third kappa shape index (κ3) is 4.07. The number of fused-ring (bicyclic) bond motifs is 1. The summed E-state index contributed by atoms with van der Waals surface area (Å²) in [7, 11) is 0. The lowest BCUT2D eigenvalue weighted by Gasteiger charge is -2.28. The van der Waals surface area contributed by atoms with Crippen LogP contribution in [0, 0.1) is 11.3 Å². The third-order valence-corrected chi connectivity index (χ3v) is 5.63. The van der Waals surface area contributed by atoms with E-state index >= 15 is 0 Å². The van der Waals surface area contributed by atoms with E-state index in [1.807, 2.05) is 24.3 Å². The van der Waals surface area contributed by atoms with E-state index in [0.29, 0.717) is 34.7 Å². The number of hydrogen-bond donors (Lipinski definition) is 0. The molecule has 0 radical (unpaired) electrons. The quantitative estimate of drug-likeness (QED) is 0.399. The fraction of sp³-hybridized carbons (Fsp3) is 0.130. The van der Waals surface area contributed by atoms with Gasteiger partial charge in [-0.1, -0.05) is 47.5 Å². The van der Waals surface area contributed by atoms with E-state index in [-0.39, 0.29) is 11.5 Å². The average molecular weight is 423 g/mol. The van der Waals surface area contributed by atoms with Gasteiger partial charge in [0.1, 0.15) is 23.2 Å². The van der Waals surface area contributed by atoms with E-state index in [1.165, 1.54) is 11.6 Å². The average Bonchev–Trinajstić information content (AvgIpc) is 3.21. The van der Waals surface area contributed by atoms with Gasteiger partial charge in [0.2, 0.25) is 0 Å². The van der Waals surface area contributed by atoms with Crippen LogP contribution >= 0.6 is 23.2 Å². The lowest BCUT2D eigenvalue weighted by molar-refractivity contribution is -0.127. The normalized spacial score (nSPS) is 13.7. The molecule has 0 bridgehead atoms. The number of halogens is 2. The molecule has 1 amide bonds. The van der Waals surface area contributed by atoms with E-state index in [4.69, 9.17) is 27.6 Å². The summed E-state index contributed by atoms with van der Waals surface area (Å²) in [5.74, 6) is 0.703. The van der Waals surface area contributed by atoms with Crippen LogP contribution in [0.1, 0.15) is 16.9 Å². The maximum atomic E-state index is 12.9. The van der Waals surface area contributed by atoms with Gasteiger partial charge in [0.15, 0.2) is 0 Å². The Morgan fingerprint density at radius 3 is 2.62 bits per heavy atom. The number of nitriles is 1. The van der Waals surface area contributed by atoms with E-state index < -0.39 is 0 Å². The van der Waals surface area contributed by atoms with Crippen LogP contribution in [0.2, 0.25) is 10.0 Å². The monoisotopic (exact) mass is 422 g/mol. The minimum atomic E-state index is -0.297. The number of carbonyl (C=O) groups is 1. The van der Waals surface area contributed by atoms with Crippen LogP contribution < -0.4 is 0 Å². The number of hydrogen-bond acceptors (Lipinski definition) is 3. The molecule has 1 aliphatic heterocycles. The Bertz CT molecular complexity index is 1160. The van der Waals surface area contributed by atoms with Crippen molar-refractivity contribution in [2.24, 2.45) is 0 Å². The van der Waals surface area contributed by atoms with E-state index in [1.54, 1.807) is 35.2 Å². The van der Waals surface area contributed by atoms with Crippen LogP contribution in [0.5, 0.6) is 0 Å². The van der Waals surface area contributed by atoms with Crippen molar-refractivity contribution in [3.63, 3.8) is 0 Å². The van der Waals surface area contributed by atoms with E-state index in [9.17, 15) is 10.1 Å². The molecule has 0 fully saturated rings. The molecule has 0 saturated carbocycles. The second-order valence-corrected chi connectivity index (χ2v) is 7.56. The number of carbonyl (C=O) groups excluding carboxylic acids is 1. The molecule has 4 nitrogen and oxygen atoms in total. The molecule has 2 aromatic carbocycles. The summed E-state index contributed by atoms with van der Waals surface area (Å²) < 4.78 is 5.79. The minimum absolute atomic E-state index is 0.0411. The van der Waals surface area contributed by atoms with Gasteiger partial charge in [-0.3, -0.25) is 4.79 Å². The van der Waals surface area contributed by atoms with Crippen molar-refractivity contribution in [2.45, 2.75) is 13.0 Å². The fourth-order valence-corrected chi connectivity index (χ4v) is 3.66. The molecule has 0 saturated heterocycles. The molecule has 0 N–H and O–H groups in total. The second-order valence-electron chi connectivity index (χ2n) is 6.75. The maximum Gasteiger partial charge on any atom is 0.264 e. The van der Waals surface area contributed by atoms with Gasteiger partial charge in [-0.25, -0.2) is 0 Å². The zero-order chi connectivity index (χ0) is 20.4. The van der Waals surface area contributed by atoms with E-state index in [2.05, 4.69) is 6.07 Å². The smallest absolute Gasteiger partial charge is 0.264 e. The van der Waals surface area contributed by atoms with Crippen LogP contribution in [-0.2, 0) is 17.8 Å². The molecule has 0 spiro atoms. The molecular formula is C23H16Cl2N2O2. The molecular weight excluding hydrogens is 407 g/mol. The summed E-state index contributed by atoms with van der Waals surface area (Å²) in [6, 6.07) is 18.7.